The predicted molar refractivity (Wildman–Crippen MR) is 69.0 cm³/mol. The third-order valence-electron chi connectivity index (χ3n) is 1.89. The first-order chi connectivity index (χ1) is 8.36. The maximum Gasteiger partial charge on any atom is 0.357 e. The van der Waals surface area contributed by atoms with E-state index in [1.165, 1.54) is 0 Å². The lowest BCUT2D eigenvalue weighted by Gasteiger charge is -2.26. The van der Waals surface area contributed by atoms with Crippen molar-refractivity contribution in [2.24, 2.45) is 0 Å². The molecule has 1 aromatic heterocycles. The van der Waals surface area contributed by atoms with Crippen LogP contribution < -0.4 is 5.32 Å². The Hall–Kier alpha value is -1.42. The van der Waals surface area contributed by atoms with Gasteiger partial charge in [-0.3, -0.25) is 0 Å². The highest BCUT2D eigenvalue weighted by molar-refractivity contribution is 5.87. The third kappa shape index (κ3) is 5.45. The van der Waals surface area contributed by atoms with Crippen molar-refractivity contribution in [2.45, 2.75) is 33.8 Å². The van der Waals surface area contributed by atoms with Crippen LogP contribution in [0.5, 0.6) is 0 Å². The normalized spacial score (nSPS) is 13.2. The first-order valence-corrected chi connectivity index (χ1v) is 6.19. The van der Waals surface area contributed by atoms with E-state index in [1.807, 2.05) is 27.7 Å². The standard InChI is InChI=1S/C9H10N2O2.2C2H6/c12-9(13-7-5-10-6-7)8-3-1-2-4-11-8;2*1-2/h1-4,7,10H,5-6H2;2*1-2H3. The van der Waals surface area contributed by atoms with E-state index in [0.29, 0.717) is 5.69 Å². The number of aromatic nitrogens is 1. The van der Waals surface area contributed by atoms with Gasteiger partial charge in [0.05, 0.1) is 0 Å². The van der Waals surface area contributed by atoms with Crippen LogP contribution in [0.25, 0.3) is 0 Å². The Morgan fingerprint density at radius 1 is 1.29 bits per heavy atom. The highest BCUT2D eigenvalue weighted by Gasteiger charge is 2.22. The van der Waals surface area contributed by atoms with Crippen molar-refractivity contribution in [3.63, 3.8) is 0 Å². The third-order valence-corrected chi connectivity index (χ3v) is 1.89. The molecule has 2 heterocycles. The van der Waals surface area contributed by atoms with Crippen molar-refractivity contribution in [3.8, 4) is 0 Å². The Kier molecular flexibility index (Phi) is 8.96. The summed E-state index contributed by atoms with van der Waals surface area (Å²) in [7, 11) is 0. The van der Waals surface area contributed by atoms with E-state index in [0.717, 1.165) is 13.1 Å². The van der Waals surface area contributed by atoms with Gasteiger partial charge in [-0.05, 0) is 12.1 Å². The molecule has 1 fully saturated rings. The van der Waals surface area contributed by atoms with Crippen LogP contribution in [0, 0.1) is 0 Å². The molecule has 0 unspecified atom stereocenters. The molecule has 0 amide bonds. The van der Waals surface area contributed by atoms with Gasteiger partial charge in [-0.15, -0.1) is 0 Å². The monoisotopic (exact) mass is 238 g/mol. The fraction of sp³-hybridized carbons (Fsp3) is 0.538. The summed E-state index contributed by atoms with van der Waals surface area (Å²) in [5.74, 6) is -0.341. The number of carbonyl (C=O) groups is 1. The minimum atomic E-state index is -0.341. The Morgan fingerprint density at radius 3 is 2.35 bits per heavy atom. The van der Waals surface area contributed by atoms with Crippen molar-refractivity contribution in [2.75, 3.05) is 13.1 Å². The van der Waals surface area contributed by atoms with E-state index in [9.17, 15) is 4.79 Å². The number of hydrogen-bond donors (Lipinski definition) is 1. The van der Waals surface area contributed by atoms with Crippen molar-refractivity contribution in [1.29, 1.82) is 0 Å². The van der Waals surface area contributed by atoms with Gasteiger partial charge in [-0.25, -0.2) is 9.78 Å². The molecule has 0 spiro atoms. The molecule has 1 aromatic rings. The minimum Gasteiger partial charge on any atom is -0.455 e. The number of ether oxygens (including phenoxy) is 1. The first-order valence-electron chi connectivity index (χ1n) is 6.19. The highest BCUT2D eigenvalue weighted by atomic mass is 16.5. The number of rotatable bonds is 2. The molecule has 1 aliphatic rings. The Labute approximate surface area is 103 Å². The van der Waals surface area contributed by atoms with Crippen molar-refractivity contribution < 1.29 is 9.53 Å². The molecule has 4 nitrogen and oxygen atoms in total. The molecule has 96 valence electrons. The largest absolute Gasteiger partial charge is 0.455 e. The maximum atomic E-state index is 11.3. The number of nitrogens with zero attached hydrogens (tertiary/aromatic N) is 1. The first kappa shape index (κ1) is 15.6. The van der Waals surface area contributed by atoms with E-state index in [1.54, 1.807) is 24.4 Å². The summed E-state index contributed by atoms with van der Waals surface area (Å²) in [6.45, 7) is 9.50. The van der Waals surface area contributed by atoms with Gasteiger partial charge in [0, 0.05) is 19.3 Å². The van der Waals surface area contributed by atoms with E-state index in [2.05, 4.69) is 10.3 Å². The molecule has 2 rings (SSSR count). The SMILES string of the molecule is CC.CC.O=C(OC1CNC1)c1ccccn1. The van der Waals surface area contributed by atoms with Crippen LogP contribution in [-0.4, -0.2) is 30.1 Å². The minimum absolute atomic E-state index is 0.0227. The number of hydrogen-bond acceptors (Lipinski definition) is 4. The molecule has 0 radical (unpaired) electrons. The molecule has 1 saturated heterocycles. The summed E-state index contributed by atoms with van der Waals surface area (Å²) in [6.07, 6.45) is 1.60. The van der Waals surface area contributed by atoms with E-state index >= 15 is 0 Å². The summed E-state index contributed by atoms with van der Waals surface area (Å²) in [6, 6.07) is 5.18. The average Bonchev–Trinajstić information content (AvgIpc) is 2.39. The second-order valence-electron chi connectivity index (χ2n) is 2.90. The van der Waals surface area contributed by atoms with Crippen LogP contribution >= 0.6 is 0 Å². The van der Waals surface area contributed by atoms with E-state index in [-0.39, 0.29) is 12.1 Å². The molecule has 1 aliphatic heterocycles. The van der Waals surface area contributed by atoms with Crippen LogP contribution in [0.2, 0.25) is 0 Å². The molecule has 0 aliphatic carbocycles. The lowest BCUT2D eigenvalue weighted by atomic mass is 10.2. The number of pyridine rings is 1. The second-order valence-corrected chi connectivity index (χ2v) is 2.90. The van der Waals surface area contributed by atoms with Crippen LogP contribution in [0.15, 0.2) is 24.4 Å². The van der Waals surface area contributed by atoms with Crippen LogP contribution in [0.4, 0.5) is 0 Å². The van der Waals surface area contributed by atoms with Gasteiger partial charge in [0.25, 0.3) is 0 Å². The molecular weight excluding hydrogens is 216 g/mol. The van der Waals surface area contributed by atoms with Crippen LogP contribution in [0.1, 0.15) is 38.2 Å². The topological polar surface area (TPSA) is 51.2 Å². The number of nitrogens with one attached hydrogen (secondary N) is 1. The molecule has 4 heteroatoms. The summed E-state index contributed by atoms with van der Waals surface area (Å²) in [5.41, 5.74) is 0.370. The maximum absolute atomic E-state index is 11.3. The van der Waals surface area contributed by atoms with Crippen molar-refractivity contribution in [1.82, 2.24) is 10.3 Å². The van der Waals surface area contributed by atoms with Gasteiger partial charge in [0.2, 0.25) is 0 Å². The van der Waals surface area contributed by atoms with Gasteiger partial charge in [0.1, 0.15) is 11.8 Å². The summed E-state index contributed by atoms with van der Waals surface area (Å²) < 4.78 is 5.11. The van der Waals surface area contributed by atoms with Gasteiger partial charge in [0.15, 0.2) is 0 Å². The summed E-state index contributed by atoms with van der Waals surface area (Å²) in [4.78, 5) is 15.2. The zero-order chi connectivity index (χ0) is 13.1. The number of esters is 1. The summed E-state index contributed by atoms with van der Waals surface area (Å²) >= 11 is 0. The van der Waals surface area contributed by atoms with Gasteiger partial charge in [-0.1, -0.05) is 33.8 Å². The Bertz CT molecular complexity index is 298. The quantitative estimate of drug-likeness (QED) is 0.803. The summed E-state index contributed by atoms with van der Waals surface area (Å²) in [5, 5.41) is 3.02. The van der Waals surface area contributed by atoms with Gasteiger partial charge < -0.3 is 10.1 Å². The molecule has 0 atom stereocenters. The van der Waals surface area contributed by atoms with E-state index in [4.69, 9.17) is 4.74 Å². The smallest absolute Gasteiger partial charge is 0.357 e. The fourth-order valence-corrected chi connectivity index (χ4v) is 1.04. The Balaban J connectivity index is 0.000000581. The molecule has 0 saturated carbocycles. The highest BCUT2D eigenvalue weighted by Crippen LogP contribution is 2.03. The molecule has 0 bridgehead atoms. The molecular formula is C13H22N2O2. The van der Waals surface area contributed by atoms with E-state index < -0.39 is 0 Å². The molecule has 1 N–H and O–H groups in total. The fourth-order valence-electron chi connectivity index (χ4n) is 1.04. The number of carbonyl (C=O) groups excluding carboxylic acids is 1. The zero-order valence-electron chi connectivity index (χ0n) is 11.1. The van der Waals surface area contributed by atoms with Crippen LogP contribution in [-0.2, 0) is 4.74 Å². The van der Waals surface area contributed by atoms with Gasteiger partial charge in [-0.2, -0.15) is 0 Å². The van der Waals surface area contributed by atoms with Crippen molar-refractivity contribution >= 4 is 5.97 Å². The average molecular weight is 238 g/mol. The molecule has 17 heavy (non-hydrogen) atoms. The lowest BCUT2D eigenvalue weighted by Crippen LogP contribution is -2.49. The zero-order valence-corrected chi connectivity index (χ0v) is 11.1. The predicted octanol–water partition coefficient (Wildman–Crippen LogP) is 2.26. The van der Waals surface area contributed by atoms with Crippen molar-refractivity contribution in [3.05, 3.63) is 30.1 Å². The molecule has 0 aromatic carbocycles. The van der Waals surface area contributed by atoms with Crippen LogP contribution in [0.3, 0.4) is 0 Å². The Morgan fingerprint density at radius 2 is 1.94 bits per heavy atom. The van der Waals surface area contributed by atoms with Gasteiger partial charge >= 0.3 is 5.97 Å². The second kappa shape index (κ2) is 9.78. The lowest BCUT2D eigenvalue weighted by molar-refractivity contribution is 0.0163.